The number of aromatic nitrogens is 3. The Bertz CT molecular complexity index is 985. The van der Waals surface area contributed by atoms with Crippen molar-refractivity contribution in [3.05, 3.63) is 70.5 Å². The number of ether oxygens (including phenoxy) is 2. The Morgan fingerprint density at radius 3 is 2.54 bits per heavy atom. The van der Waals surface area contributed by atoms with Crippen molar-refractivity contribution in [2.45, 2.75) is 19.8 Å². The number of nitrogens with one attached hydrogen (secondary N) is 1. The van der Waals surface area contributed by atoms with Gasteiger partial charge in [-0.1, -0.05) is 12.1 Å². The number of hydrogen-bond donors (Lipinski definition) is 1. The summed E-state index contributed by atoms with van der Waals surface area (Å²) < 4.78 is 28.5. The van der Waals surface area contributed by atoms with E-state index in [4.69, 9.17) is 21.7 Å². The highest BCUT2D eigenvalue weighted by Gasteiger charge is 2.12. The van der Waals surface area contributed by atoms with Crippen molar-refractivity contribution in [1.29, 1.82) is 0 Å². The molecule has 0 amide bonds. The molecule has 0 aliphatic heterocycles. The second-order valence-electron chi connectivity index (χ2n) is 6.64. The van der Waals surface area contributed by atoms with Crippen LogP contribution >= 0.6 is 12.2 Å². The molecule has 148 valence electrons. The lowest BCUT2D eigenvalue weighted by Crippen LogP contribution is -3.07. The average Bonchev–Trinajstić information content (AvgIpc) is 2.94. The summed E-state index contributed by atoms with van der Waals surface area (Å²) in [5.74, 6) is 2.02. The monoisotopic (exact) mass is 403 g/mol. The fourth-order valence-electron chi connectivity index (χ4n) is 2.89. The number of hydrogen-bond acceptors (Lipinski definition) is 4. The maximum Gasteiger partial charge on any atom is 0.202 e. The molecule has 0 radical (unpaired) electrons. The van der Waals surface area contributed by atoms with E-state index in [1.54, 1.807) is 23.9 Å². The van der Waals surface area contributed by atoms with Crippen LogP contribution in [0.2, 0.25) is 0 Å². The molecule has 2 aromatic carbocycles. The molecule has 3 aromatic rings. The lowest BCUT2D eigenvalue weighted by molar-refractivity contribution is -0.917. The molecule has 0 aliphatic rings. The molecule has 3 rings (SSSR count). The average molecular weight is 404 g/mol. The predicted molar refractivity (Wildman–Crippen MR) is 106 cm³/mol. The maximum absolute atomic E-state index is 13.4. The van der Waals surface area contributed by atoms with Gasteiger partial charge < -0.3 is 18.9 Å². The summed E-state index contributed by atoms with van der Waals surface area (Å²) in [6, 6.07) is 14.0. The van der Waals surface area contributed by atoms with Gasteiger partial charge in [0.15, 0.2) is 12.5 Å². The van der Waals surface area contributed by atoms with Crippen LogP contribution in [0.25, 0.3) is 0 Å². The first kappa shape index (κ1) is 20.0. The molecule has 0 saturated heterocycles. The summed E-state index contributed by atoms with van der Waals surface area (Å²) in [4.78, 5) is 1.14. The fourth-order valence-corrected chi connectivity index (χ4v) is 3.10. The Morgan fingerprint density at radius 1 is 1.14 bits per heavy atom. The molecule has 0 fully saturated rings. The summed E-state index contributed by atoms with van der Waals surface area (Å²) in [7, 11) is 5.52. The van der Waals surface area contributed by atoms with Crippen LogP contribution in [0.1, 0.15) is 11.4 Å². The second-order valence-corrected chi connectivity index (χ2v) is 7.01. The van der Waals surface area contributed by atoms with Crippen LogP contribution in [-0.2, 0) is 26.9 Å². The van der Waals surface area contributed by atoms with Crippen LogP contribution in [0.3, 0.4) is 0 Å². The van der Waals surface area contributed by atoms with E-state index < -0.39 is 0 Å². The summed E-state index contributed by atoms with van der Waals surface area (Å²) in [5.41, 5.74) is 0.933. The maximum atomic E-state index is 13.4. The molecule has 6 nitrogen and oxygen atoms in total. The van der Waals surface area contributed by atoms with E-state index >= 15 is 0 Å². The summed E-state index contributed by atoms with van der Waals surface area (Å²) in [6.07, 6.45) is 0. The molecule has 1 unspecified atom stereocenters. The van der Waals surface area contributed by atoms with Gasteiger partial charge in [0.25, 0.3) is 0 Å². The van der Waals surface area contributed by atoms with Gasteiger partial charge >= 0.3 is 0 Å². The standard InChI is InChI=1S/C20H23FN4O2S/c1-23(12-15-5-4-6-16(21)11-15)14-25-20(28)24(2)19(22-25)13-27-18-9-7-17(26-3)8-10-18/h4-11H,12-14H2,1-3H3/p+1. The van der Waals surface area contributed by atoms with Crippen LogP contribution in [-0.4, -0.2) is 28.5 Å². The van der Waals surface area contributed by atoms with E-state index in [0.717, 1.165) is 27.8 Å². The predicted octanol–water partition coefficient (Wildman–Crippen LogP) is 2.35. The van der Waals surface area contributed by atoms with Gasteiger partial charge in [-0.2, -0.15) is 4.68 Å². The van der Waals surface area contributed by atoms with E-state index in [2.05, 4.69) is 5.10 Å². The Labute approximate surface area is 168 Å². The van der Waals surface area contributed by atoms with Crippen molar-refractivity contribution in [3.8, 4) is 11.5 Å². The third kappa shape index (κ3) is 4.96. The van der Waals surface area contributed by atoms with Gasteiger partial charge in [-0.15, -0.1) is 5.10 Å². The molecule has 0 aliphatic carbocycles. The highest BCUT2D eigenvalue weighted by atomic mass is 32.1. The topological polar surface area (TPSA) is 45.6 Å². The molecule has 1 aromatic heterocycles. The third-order valence-electron chi connectivity index (χ3n) is 4.37. The molecular weight excluding hydrogens is 379 g/mol. The minimum absolute atomic E-state index is 0.224. The van der Waals surface area contributed by atoms with Crippen molar-refractivity contribution >= 4 is 12.2 Å². The van der Waals surface area contributed by atoms with Gasteiger partial charge in [-0.05, 0) is 48.6 Å². The molecular formula is C20H24FN4O2S+. The number of halogens is 1. The SMILES string of the molecule is COc1ccc(OCc2nn(C[NH+](C)Cc3cccc(F)c3)c(=S)n2C)cc1. The number of benzene rings is 2. The van der Waals surface area contributed by atoms with Crippen LogP contribution in [0.4, 0.5) is 4.39 Å². The highest BCUT2D eigenvalue weighted by molar-refractivity contribution is 7.71. The molecule has 1 atom stereocenters. The molecule has 0 spiro atoms. The molecule has 8 heteroatoms. The van der Waals surface area contributed by atoms with Gasteiger partial charge in [-0.25, -0.2) is 4.39 Å². The summed E-state index contributed by atoms with van der Waals surface area (Å²) in [5, 5.41) is 4.59. The molecule has 28 heavy (non-hydrogen) atoms. The highest BCUT2D eigenvalue weighted by Crippen LogP contribution is 2.18. The van der Waals surface area contributed by atoms with Gasteiger partial charge in [0.05, 0.1) is 14.2 Å². The van der Waals surface area contributed by atoms with Crippen LogP contribution in [0.5, 0.6) is 11.5 Å². The Morgan fingerprint density at radius 2 is 1.86 bits per heavy atom. The van der Waals surface area contributed by atoms with Crippen molar-refractivity contribution in [2.24, 2.45) is 7.05 Å². The number of quaternary nitrogens is 1. The smallest absolute Gasteiger partial charge is 0.202 e. The summed E-state index contributed by atoms with van der Waals surface area (Å²) >= 11 is 5.50. The molecule has 0 bridgehead atoms. The van der Waals surface area contributed by atoms with Crippen LogP contribution < -0.4 is 14.4 Å². The van der Waals surface area contributed by atoms with Gasteiger partial charge in [0.1, 0.15) is 30.5 Å². The molecule has 0 saturated carbocycles. The second kappa shape index (κ2) is 8.99. The zero-order chi connectivity index (χ0) is 20.1. The third-order valence-corrected chi connectivity index (χ3v) is 4.86. The number of rotatable bonds is 8. The zero-order valence-corrected chi connectivity index (χ0v) is 17.0. The first-order chi connectivity index (χ1) is 13.5. The quantitative estimate of drug-likeness (QED) is 0.587. The van der Waals surface area contributed by atoms with E-state index in [0.29, 0.717) is 24.6 Å². The van der Waals surface area contributed by atoms with E-state index in [1.807, 2.05) is 49.0 Å². The van der Waals surface area contributed by atoms with Gasteiger partial charge in [0.2, 0.25) is 4.77 Å². The minimum atomic E-state index is -0.224. The zero-order valence-electron chi connectivity index (χ0n) is 16.2. The summed E-state index contributed by atoms with van der Waals surface area (Å²) in [6.45, 7) is 1.56. The van der Waals surface area contributed by atoms with E-state index in [9.17, 15) is 4.39 Å². The molecule has 1 heterocycles. The van der Waals surface area contributed by atoms with Gasteiger partial charge in [-0.3, -0.25) is 0 Å². The van der Waals surface area contributed by atoms with Gasteiger partial charge in [0, 0.05) is 12.6 Å². The van der Waals surface area contributed by atoms with Crippen molar-refractivity contribution in [3.63, 3.8) is 0 Å². The first-order valence-corrected chi connectivity index (χ1v) is 9.32. The minimum Gasteiger partial charge on any atom is -0.497 e. The van der Waals surface area contributed by atoms with Crippen molar-refractivity contribution < 1.29 is 18.8 Å². The Hall–Kier alpha value is -2.71. The molecule has 1 N–H and O–H groups in total. The van der Waals surface area contributed by atoms with Crippen LogP contribution in [0.15, 0.2) is 48.5 Å². The number of nitrogens with zero attached hydrogens (tertiary/aromatic N) is 3. The Balaban J connectivity index is 1.64. The van der Waals surface area contributed by atoms with E-state index in [1.165, 1.54) is 6.07 Å². The first-order valence-electron chi connectivity index (χ1n) is 8.91. The lowest BCUT2D eigenvalue weighted by atomic mass is 10.2. The van der Waals surface area contributed by atoms with E-state index in [-0.39, 0.29) is 5.82 Å². The van der Waals surface area contributed by atoms with Crippen molar-refractivity contribution in [2.75, 3.05) is 14.2 Å². The fraction of sp³-hybridized carbons (Fsp3) is 0.300. The number of methoxy groups -OCH3 is 1. The van der Waals surface area contributed by atoms with Crippen LogP contribution in [0, 0.1) is 10.6 Å². The Kier molecular flexibility index (Phi) is 6.43. The lowest BCUT2D eigenvalue weighted by Gasteiger charge is -2.13. The normalized spacial score (nSPS) is 12.0. The largest absolute Gasteiger partial charge is 0.497 e. The van der Waals surface area contributed by atoms with Crippen molar-refractivity contribution in [1.82, 2.24) is 14.3 Å².